The third-order valence-electron chi connectivity index (χ3n) is 4.94. The van der Waals surface area contributed by atoms with Crippen LogP contribution in [0.5, 0.6) is 5.75 Å². The van der Waals surface area contributed by atoms with E-state index in [9.17, 15) is 9.50 Å². The Hall–Kier alpha value is -2.23. The van der Waals surface area contributed by atoms with E-state index in [1.165, 1.54) is 23.5 Å². The highest BCUT2D eigenvalue weighted by Gasteiger charge is 2.32. The topological polar surface area (TPSA) is 88.9 Å². The number of rotatable bonds is 5. The molecule has 0 unspecified atom stereocenters. The molecule has 0 atom stereocenters. The third kappa shape index (κ3) is 3.38. The molecule has 1 aromatic carbocycles. The Morgan fingerprint density at radius 2 is 2.15 bits per heavy atom. The lowest BCUT2D eigenvalue weighted by molar-refractivity contribution is 0.0249. The molecule has 1 saturated heterocycles. The number of benzene rings is 1. The highest BCUT2D eigenvalue weighted by atomic mass is 32.1. The van der Waals surface area contributed by atoms with E-state index in [0.717, 1.165) is 21.3 Å². The molecule has 27 heavy (non-hydrogen) atoms. The van der Waals surface area contributed by atoms with Crippen LogP contribution in [0.3, 0.4) is 0 Å². The van der Waals surface area contributed by atoms with Crippen LogP contribution in [-0.4, -0.2) is 51.5 Å². The number of halogens is 1. The Balaban J connectivity index is 1.66. The van der Waals surface area contributed by atoms with Crippen molar-refractivity contribution in [1.82, 2.24) is 14.6 Å². The second-order valence-electron chi connectivity index (χ2n) is 6.71. The number of anilines is 1. The number of hydrogen-bond donors (Lipinski definition) is 2. The fourth-order valence-electron chi connectivity index (χ4n) is 3.30. The largest absolute Gasteiger partial charge is 0.493 e. The average molecular weight is 391 g/mol. The van der Waals surface area contributed by atoms with Gasteiger partial charge in [-0.15, -0.1) is 5.10 Å². The highest BCUT2D eigenvalue weighted by Crippen LogP contribution is 2.35. The summed E-state index contributed by atoms with van der Waals surface area (Å²) in [6.07, 6.45) is 2.96. The molecule has 2 aromatic heterocycles. The van der Waals surface area contributed by atoms with Gasteiger partial charge < -0.3 is 20.5 Å². The van der Waals surface area contributed by atoms with Crippen molar-refractivity contribution in [1.29, 1.82) is 0 Å². The van der Waals surface area contributed by atoms with E-state index in [-0.39, 0.29) is 12.4 Å². The molecule has 3 N–H and O–H groups in total. The van der Waals surface area contributed by atoms with Gasteiger partial charge in [-0.25, -0.2) is 13.9 Å². The zero-order valence-corrected chi connectivity index (χ0v) is 15.9. The van der Waals surface area contributed by atoms with Gasteiger partial charge in [-0.2, -0.15) is 0 Å². The molecule has 0 radical (unpaired) electrons. The van der Waals surface area contributed by atoms with E-state index >= 15 is 0 Å². The smallest absolute Gasteiger partial charge is 0.214 e. The van der Waals surface area contributed by atoms with Gasteiger partial charge in [0, 0.05) is 31.3 Å². The molecule has 1 aliphatic rings. The molecule has 0 amide bonds. The Labute approximate surface area is 160 Å². The number of piperidine rings is 1. The zero-order chi connectivity index (χ0) is 19.0. The first-order valence-electron chi connectivity index (χ1n) is 8.98. The van der Waals surface area contributed by atoms with Crippen molar-refractivity contribution in [2.45, 2.75) is 25.4 Å². The molecule has 1 aliphatic heterocycles. The van der Waals surface area contributed by atoms with Gasteiger partial charge in [0.25, 0.3) is 0 Å². The molecule has 3 heterocycles. The highest BCUT2D eigenvalue weighted by molar-refractivity contribution is 7.20. The summed E-state index contributed by atoms with van der Waals surface area (Å²) in [6.45, 7) is 3.97. The SMILES string of the molecule is CCOc1cc(F)ccc1-c1cnc2sc(N3CCC(O)(CN)CC3)nn12. The molecule has 144 valence electrons. The van der Waals surface area contributed by atoms with Crippen LogP contribution in [0.15, 0.2) is 24.4 Å². The normalized spacial score (nSPS) is 16.8. The second-order valence-corrected chi connectivity index (χ2v) is 7.65. The van der Waals surface area contributed by atoms with Crippen molar-refractivity contribution in [2.75, 3.05) is 31.1 Å². The molecule has 0 bridgehead atoms. The summed E-state index contributed by atoms with van der Waals surface area (Å²) in [6, 6.07) is 4.47. The van der Waals surface area contributed by atoms with Gasteiger partial charge in [-0.3, -0.25) is 0 Å². The number of hydrogen-bond acceptors (Lipinski definition) is 7. The fourth-order valence-corrected chi connectivity index (χ4v) is 4.22. The number of aromatic nitrogens is 3. The maximum atomic E-state index is 13.6. The lowest BCUT2D eigenvalue weighted by atomic mass is 9.92. The molecule has 0 saturated carbocycles. The Bertz CT molecular complexity index is 949. The first kappa shape index (κ1) is 18.1. The van der Waals surface area contributed by atoms with E-state index in [1.807, 2.05) is 6.92 Å². The zero-order valence-electron chi connectivity index (χ0n) is 15.1. The maximum absolute atomic E-state index is 13.6. The number of imidazole rings is 1. The van der Waals surface area contributed by atoms with Crippen LogP contribution >= 0.6 is 11.3 Å². The molecule has 4 rings (SSSR count). The van der Waals surface area contributed by atoms with Crippen molar-refractivity contribution >= 4 is 21.4 Å². The lowest BCUT2D eigenvalue weighted by Crippen LogP contribution is -2.48. The third-order valence-corrected chi connectivity index (χ3v) is 5.92. The van der Waals surface area contributed by atoms with E-state index in [2.05, 4.69) is 9.88 Å². The van der Waals surface area contributed by atoms with Gasteiger partial charge in [-0.1, -0.05) is 11.3 Å². The number of nitrogens with two attached hydrogens (primary N) is 1. The van der Waals surface area contributed by atoms with E-state index in [1.54, 1.807) is 16.8 Å². The molecular formula is C18H22FN5O2S. The number of aliphatic hydroxyl groups is 1. The Kier molecular flexibility index (Phi) is 4.75. The van der Waals surface area contributed by atoms with Crippen LogP contribution < -0.4 is 15.4 Å². The van der Waals surface area contributed by atoms with Gasteiger partial charge >= 0.3 is 0 Å². The predicted octanol–water partition coefficient (Wildman–Crippen LogP) is 2.29. The van der Waals surface area contributed by atoms with Gasteiger partial charge in [0.15, 0.2) is 0 Å². The summed E-state index contributed by atoms with van der Waals surface area (Å²) in [5, 5.41) is 15.9. The summed E-state index contributed by atoms with van der Waals surface area (Å²) < 4.78 is 21.0. The summed E-state index contributed by atoms with van der Waals surface area (Å²) in [5.41, 5.74) is 6.39. The summed E-state index contributed by atoms with van der Waals surface area (Å²) in [7, 11) is 0. The quantitative estimate of drug-likeness (QED) is 0.694. The maximum Gasteiger partial charge on any atom is 0.214 e. The van der Waals surface area contributed by atoms with Gasteiger partial charge in [0.2, 0.25) is 10.1 Å². The van der Waals surface area contributed by atoms with Gasteiger partial charge in [-0.05, 0) is 31.9 Å². The van der Waals surface area contributed by atoms with Gasteiger partial charge in [0.1, 0.15) is 11.6 Å². The standard InChI is InChI=1S/C18H22FN5O2S/c1-2-26-15-9-12(19)3-4-13(15)14-10-21-16-24(14)22-17(27-16)23-7-5-18(25,11-20)6-8-23/h3-4,9-10,25H,2,5-8,11,20H2,1H3. The monoisotopic (exact) mass is 391 g/mol. The van der Waals surface area contributed by atoms with Crippen molar-refractivity contribution in [3.05, 3.63) is 30.2 Å². The first-order chi connectivity index (χ1) is 13.0. The fraction of sp³-hybridized carbons (Fsp3) is 0.444. The summed E-state index contributed by atoms with van der Waals surface area (Å²) in [5.74, 6) is 0.127. The van der Waals surface area contributed by atoms with Crippen LogP contribution in [0.2, 0.25) is 0 Å². The minimum Gasteiger partial charge on any atom is -0.493 e. The van der Waals surface area contributed by atoms with Crippen LogP contribution in [0.1, 0.15) is 19.8 Å². The van der Waals surface area contributed by atoms with Crippen LogP contribution in [-0.2, 0) is 0 Å². The van der Waals surface area contributed by atoms with E-state index in [0.29, 0.717) is 38.3 Å². The minimum absolute atomic E-state index is 0.275. The predicted molar refractivity (Wildman–Crippen MR) is 103 cm³/mol. The Morgan fingerprint density at radius 3 is 2.85 bits per heavy atom. The second kappa shape index (κ2) is 7.06. The summed E-state index contributed by atoms with van der Waals surface area (Å²) in [4.78, 5) is 7.35. The molecule has 9 heteroatoms. The van der Waals surface area contributed by atoms with Gasteiger partial charge in [0.05, 0.1) is 24.1 Å². The summed E-state index contributed by atoms with van der Waals surface area (Å²) >= 11 is 1.49. The Morgan fingerprint density at radius 1 is 1.37 bits per heavy atom. The molecule has 3 aromatic rings. The average Bonchev–Trinajstić information content (AvgIpc) is 3.24. The number of nitrogens with zero attached hydrogens (tertiary/aromatic N) is 4. The van der Waals surface area contributed by atoms with Crippen molar-refractivity contribution < 1.29 is 14.2 Å². The van der Waals surface area contributed by atoms with Crippen LogP contribution in [0, 0.1) is 5.82 Å². The first-order valence-corrected chi connectivity index (χ1v) is 9.79. The molecule has 1 fully saturated rings. The van der Waals surface area contributed by atoms with E-state index in [4.69, 9.17) is 15.6 Å². The lowest BCUT2D eigenvalue weighted by Gasteiger charge is -2.37. The molecule has 0 aliphatic carbocycles. The van der Waals surface area contributed by atoms with Crippen molar-refractivity contribution in [3.63, 3.8) is 0 Å². The number of ether oxygens (including phenoxy) is 1. The number of fused-ring (bicyclic) bond motifs is 1. The van der Waals surface area contributed by atoms with E-state index < -0.39 is 5.60 Å². The van der Waals surface area contributed by atoms with Crippen LogP contribution in [0.4, 0.5) is 9.52 Å². The van der Waals surface area contributed by atoms with Crippen molar-refractivity contribution in [3.8, 4) is 17.0 Å². The molecule has 0 spiro atoms. The van der Waals surface area contributed by atoms with Crippen molar-refractivity contribution in [2.24, 2.45) is 5.73 Å². The minimum atomic E-state index is -0.778. The molecule has 7 nitrogen and oxygen atoms in total. The molecular weight excluding hydrogens is 369 g/mol. The van der Waals surface area contributed by atoms with Crippen LogP contribution in [0.25, 0.3) is 16.2 Å².